The van der Waals surface area contributed by atoms with Crippen LogP contribution in [0.15, 0.2) is 60.8 Å². The van der Waals surface area contributed by atoms with Crippen molar-refractivity contribution >= 4 is 27.9 Å². The molecule has 0 radical (unpaired) electrons. The largest absolute Gasteiger partial charge is 0.293 e. The van der Waals surface area contributed by atoms with Gasteiger partial charge in [0.05, 0.1) is 10.6 Å². The van der Waals surface area contributed by atoms with Crippen LogP contribution in [0.3, 0.4) is 0 Å². The number of nitrogens with zero attached hydrogens (tertiary/aromatic N) is 2. The van der Waals surface area contributed by atoms with Gasteiger partial charge in [-0.3, -0.25) is 9.78 Å². The molecular weight excluding hydrogens is 352 g/mol. The molecule has 2 heterocycles. The lowest BCUT2D eigenvalue weighted by Crippen LogP contribution is -2.15. The fraction of sp³-hybridized carbons (Fsp3) is 0.174. The Morgan fingerprint density at radius 1 is 1.04 bits per heavy atom. The topological polar surface area (TPSA) is 42.9 Å². The molecule has 0 bridgehead atoms. The molecular formula is C23H18N2OS. The van der Waals surface area contributed by atoms with Crippen molar-refractivity contribution < 1.29 is 4.79 Å². The summed E-state index contributed by atoms with van der Waals surface area (Å²) < 4.78 is 0. The van der Waals surface area contributed by atoms with Crippen LogP contribution in [0.2, 0.25) is 0 Å². The summed E-state index contributed by atoms with van der Waals surface area (Å²) in [7, 11) is 0. The second kappa shape index (κ2) is 6.39. The number of carbonyl (C=O) groups is 1. The van der Waals surface area contributed by atoms with E-state index in [1.807, 2.05) is 19.1 Å². The van der Waals surface area contributed by atoms with Gasteiger partial charge in [-0.2, -0.15) is 0 Å². The summed E-state index contributed by atoms with van der Waals surface area (Å²) in [4.78, 5) is 22.6. The highest BCUT2D eigenvalue weighted by Crippen LogP contribution is 2.41. The summed E-state index contributed by atoms with van der Waals surface area (Å²) in [6.45, 7) is 1.97. The van der Waals surface area contributed by atoms with E-state index in [2.05, 4.69) is 47.4 Å². The van der Waals surface area contributed by atoms with Crippen molar-refractivity contribution in [2.45, 2.75) is 25.7 Å². The van der Waals surface area contributed by atoms with E-state index in [0.29, 0.717) is 6.42 Å². The fourth-order valence-electron chi connectivity index (χ4n) is 3.84. The molecule has 4 aromatic rings. The Kier molecular flexibility index (Phi) is 3.87. The predicted molar refractivity (Wildman–Crippen MR) is 109 cm³/mol. The first-order valence-electron chi connectivity index (χ1n) is 9.15. The second-order valence-corrected chi connectivity index (χ2v) is 8.04. The van der Waals surface area contributed by atoms with Crippen molar-refractivity contribution in [3.63, 3.8) is 0 Å². The van der Waals surface area contributed by atoms with Gasteiger partial charge in [0.2, 0.25) is 0 Å². The monoisotopic (exact) mass is 370 g/mol. The molecule has 0 spiro atoms. The molecule has 0 saturated carbocycles. The van der Waals surface area contributed by atoms with Crippen molar-refractivity contribution in [3.05, 3.63) is 82.6 Å². The van der Waals surface area contributed by atoms with E-state index < -0.39 is 0 Å². The number of pyridine rings is 1. The maximum absolute atomic E-state index is 12.5. The van der Waals surface area contributed by atoms with E-state index in [4.69, 9.17) is 4.98 Å². The minimum absolute atomic E-state index is 0.176. The third-order valence-electron chi connectivity index (χ3n) is 5.22. The quantitative estimate of drug-likeness (QED) is 0.449. The summed E-state index contributed by atoms with van der Waals surface area (Å²) in [5.41, 5.74) is 4.17. The Balaban J connectivity index is 1.62. The molecule has 2 aromatic carbocycles. The maximum Gasteiger partial charge on any atom is 0.174 e. The molecule has 4 heteroatoms. The average molecular weight is 370 g/mol. The summed E-state index contributed by atoms with van der Waals surface area (Å²) >= 11 is 1.52. The average Bonchev–Trinajstić information content (AvgIpc) is 3.14. The van der Waals surface area contributed by atoms with Crippen LogP contribution in [0.4, 0.5) is 0 Å². The number of hydrogen-bond acceptors (Lipinski definition) is 4. The molecule has 27 heavy (non-hydrogen) atoms. The van der Waals surface area contributed by atoms with Crippen molar-refractivity contribution in [2.24, 2.45) is 0 Å². The summed E-state index contributed by atoms with van der Waals surface area (Å²) in [6, 6.07) is 19.0. The Bertz CT molecular complexity index is 1180. The molecule has 3 nitrogen and oxygen atoms in total. The van der Waals surface area contributed by atoms with Crippen LogP contribution in [0.5, 0.6) is 0 Å². The van der Waals surface area contributed by atoms with Crippen LogP contribution >= 0.6 is 11.3 Å². The van der Waals surface area contributed by atoms with Crippen LogP contribution in [0.1, 0.15) is 45.4 Å². The van der Waals surface area contributed by atoms with Crippen molar-refractivity contribution in [1.82, 2.24) is 9.97 Å². The Morgan fingerprint density at radius 2 is 1.89 bits per heavy atom. The van der Waals surface area contributed by atoms with Crippen LogP contribution in [0.25, 0.3) is 21.3 Å². The van der Waals surface area contributed by atoms with E-state index in [1.54, 1.807) is 6.20 Å². The number of thiazole rings is 1. The molecule has 1 unspecified atom stereocenters. The molecule has 5 rings (SSSR count). The van der Waals surface area contributed by atoms with Crippen LogP contribution in [0, 0.1) is 6.92 Å². The molecule has 1 atom stereocenters. The van der Waals surface area contributed by atoms with E-state index in [-0.39, 0.29) is 11.7 Å². The summed E-state index contributed by atoms with van der Waals surface area (Å²) in [5, 5.41) is 3.37. The molecule has 0 saturated heterocycles. The van der Waals surface area contributed by atoms with Gasteiger partial charge in [-0.05, 0) is 41.8 Å². The van der Waals surface area contributed by atoms with Gasteiger partial charge < -0.3 is 0 Å². The van der Waals surface area contributed by atoms with Crippen molar-refractivity contribution in [1.29, 1.82) is 0 Å². The third-order valence-corrected chi connectivity index (χ3v) is 6.38. The fourth-order valence-corrected chi connectivity index (χ4v) is 4.94. The number of rotatable bonds is 2. The lowest BCUT2D eigenvalue weighted by atomic mass is 9.84. The molecule has 1 aliphatic carbocycles. The number of hydrogen-bond donors (Lipinski definition) is 0. The molecule has 0 fully saturated rings. The van der Waals surface area contributed by atoms with Gasteiger partial charge >= 0.3 is 0 Å². The normalized spacial score (nSPS) is 16.5. The molecule has 0 aliphatic heterocycles. The first-order chi connectivity index (χ1) is 13.2. The summed E-state index contributed by atoms with van der Waals surface area (Å²) in [5.74, 6) is 0.395. The Hall–Kier alpha value is -2.85. The van der Waals surface area contributed by atoms with E-state index in [0.717, 1.165) is 33.3 Å². The lowest BCUT2D eigenvalue weighted by Gasteiger charge is -2.21. The molecule has 0 N–H and O–H groups in total. The number of fused-ring (bicyclic) bond motifs is 2. The minimum atomic E-state index is 0.176. The van der Waals surface area contributed by atoms with E-state index >= 15 is 0 Å². The minimum Gasteiger partial charge on any atom is -0.293 e. The molecule has 2 aromatic heterocycles. The number of Topliss-reactive ketones (excluding diaryl/α,β-unsaturated/α-hetero) is 1. The van der Waals surface area contributed by atoms with Crippen LogP contribution < -0.4 is 0 Å². The van der Waals surface area contributed by atoms with Gasteiger partial charge in [0, 0.05) is 29.8 Å². The highest BCUT2D eigenvalue weighted by atomic mass is 32.1. The lowest BCUT2D eigenvalue weighted by molar-refractivity contribution is 0.0973. The number of ketones is 1. The molecule has 1 aliphatic rings. The van der Waals surface area contributed by atoms with Gasteiger partial charge in [-0.1, -0.05) is 42.5 Å². The highest BCUT2D eigenvalue weighted by molar-refractivity contribution is 7.17. The predicted octanol–water partition coefficient (Wildman–Crippen LogP) is 5.78. The first kappa shape index (κ1) is 16.3. The van der Waals surface area contributed by atoms with Gasteiger partial charge in [0.1, 0.15) is 5.01 Å². The number of carbonyl (C=O) groups excluding carboxylic acids is 1. The highest BCUT2D eigenvalue weighted by Gasteiger charge is 2.31. The standard InChI is InChI=1S/C23H18N2OS/c1-14-12-18(10-11-24-14)23-25-21-19(8-9-20(26)22(21)27-23)17-7-6-15-4-2-3-5-16(15)13-17/h2-7,10-13,19H,8-9H2,1H3. The van der Waals surface area contributed by atoms with Crippen LogP contribution in [-0.4, -0.2) is 15.8 Å². The zero-order valence-corrected chi connectivity index (χ0v) is 15.8. The van der Waals surface area contributed by atoms with Gasteiger partial charge in [0.15, 0.2) is 5.78 Å². The van der Waals surface area contributed by atoms with Gasteiger partial charge in [0.25, 0.3) is 0 Å². The Morgan fingerprint density at radius 3 is 2.74 bits per heavy atom. The number of benzene rings is 2. The molecule has 132 valence electrons. The number of aromatic nitrogens is 2. The first-order valence-corrected chi connectivity index (χ1v) is 9.96. The second-order valence-electron chi connectivity index (χ2n) is 7.04. The van der Waals surface area contributed by atoms with Crippen molar-refractivity contribution in [2.75, 3.05) is 0 Å². The number of aryl methyl sites for hydroxylation is 1. The summed E-state index contributed by atoms with van der Waals surface area (Å²) in [6.07, 6.45) is 3.21. The maximum atomic E-state index is 12.5. The van der Waals surface area contributed by atoms with E-state index in [1.165, 1.54) is 27.7 Å². The zero-order chi connectivity index (χ0) is 18.4. The SMILES string of the molecule is Cc1cc(-c2nc3c(s2)C(=O)CCC3c2ccc3ccccc3c2)ccn1. The van der Waals surface area contributed by atoms with Crippen LogP contribution in [-0.2, 0) is 0 Å². The Labute approximate surface area is 161 Å². The zero-order valence-electron chi connectivity index (χ0n) is 15.0. The molecule has 0 amide bonds. The van der Waals surface area contributed by atoms with E-state index in [9.17, 15) is 4.79 Å². The van der Waals surface area contributed by atoms with Gasteiger partial charge in [-0.15, -0.1) is 11.3 Å². The smallest absolute Gasteiger partial charge is 0.174 e. The third kappa shape index (κ3) is 2.86. The van der Waals surface area contributed by atoms with Crippen molar-refractivity contribution in [3.8, 4) is 10.6 Å². The van der Waals surface area contributed by atoms with Gasteiger partial charge in [-0.25, -0.2) is 4.98 Å².